The molecule has 0 aliphatic carbocycles. The number of amides is 1. The minimum absolute atomic E-state index is 0.183. The molecule has 0 spiro atoms. The molecule has 1 amide bonds. The number of aryl methyl sites for hydroxylation is 1. The lowest BCUT2D eigenvalue weighted by molar-refractivity contribution is -0.126. The summed E-state index contributed by atoms with van der Waals surface area (Å²) in [6.07, 6.45) is 2.18. The highest BCUT2D eigenvalue weighted by Crippen LogP contribution is 2.04. The number of carbonyl (C=O) groups is 1. The Kier molecular flexibility index (Phi) is 3.41. The van der Waals surface area contributed by atoms with Gasteiger partial charge in [-0.25, -0.2) is 4.98 Å². The van der Waals surface area contributed by atoms with Crippen LogP contribution < -0.4 is 11.1 Å². The Morgan fingerprint density at radius 2 is 2.40 bits per heavy atom. The Bertz CT molecular complexity index is 344. The smallest absolute Gasteiger partial charge is 0.240 e. The molecule has 6 nitrogen and oxygen atoms in total. The van der Waals surface area contributed by atoms with Gasteiger partial charge in [-0.3, -0.25) is 9.48 Å². The van der Waals surface area contributed by atoms with Crippen LogP contribution >= 0.6 is 0 Å². The Balaban J connectivity index is 2.47. The molecule has 1 aromatic heterocycles. The molecule has 1 atom stereocenters. The summed E-state index contributed by atoms with van der Waals surface area (Å²) in [6.45, 7) is 3.89. The maximum atomic E-state index is 11.6. The van der Waals surface area contributed by atoms with Gasteiger partial charge in [0.05, 0.1) is 12.1 Å². The Morgan fingerprint density at radius 3 is 2.87 bits per heavy atom. The van der Waals surface area contributed by atoms with Gasteiger partial charge in [0.2, 0.25) is 5.91 Å². The highest BCUT2D eigenvalue weighted by molar-refractivity contribution is 5.85. The molecule has 0 fully saturated rings. The van der Waals surface area contributed by atoms with E-state index in [-0.39, 0.29) is 5.91 Å². The van der Waals surface area contributed by atoms with Crippen LogP contribution in [0.3, 0.4) is 0 Å². The average molecular weight is 211 g/mol. The molecule has 84 valence electrons. The quantitative estimate of drug-likeness (QED) is 0.707. The van der Waals surface area contributed by atoms with E-state index in [1.165, 1.54) is 0 Å². The largest absolute Gasteiger partial charge is 0.347 e. The summed E-state index contributed by atoms with van der Waals surface area (Å²) in [6, 6.07) is 0. The fraction of sp³-hybridized carbons (Fsp3) is 0.667. The Morgan fingerprint density at radius 1 is 1.73 bits per heavy atom. The van der Waals surface area contributed by atoms with Crippen molar-refractivity contribution < 1.29 is 4.79 Å². The van der Waals surface area contributed by atoms with Crippen LogP contribution in [0.2, 0.25) is 0 Å². The van der Waals surface area contributed by atoms with Crippen LogP contribution in [0, 0.1) is 0 Å². The second-order valence-corrected chi connectivity index (χ2v) is 3.79. The van der Waals surface area contributed by atoms with Gasteiger partial charge in [-0.1, -0.05) is 6.92 Å². The van der Waals surface area contributed by atoms with Gasteiger partial charge in [-0.05, 0) is 13.3 Å². The predicted octanol–water partition coefficient (Wildman–Crippen LogP) is -0.441. The summed E-state index contributed by atoms with van der Waals surface area (Å²) in [4.78, 5) is 15.6. The molecule has 0 saturated carbocycles. The first-order chi connectivity index (χ1) is 6.95. The van der Waals surface area contributed by atoms with E-state index in [4.69, 9.17) is 5.73 Å². The Hall–Kier alpha value is -1.43. The van der Waals surface area contributed by atoms with Crippen LogP contribution in [-0.2, 0) is 18.4 Å². The van der Waals surface area contributed by atoms with Crippen molar-refractivity contribution >= 4 is 5.91 Å². The summed E-state index contributed by atoms with van der Waals surface area (Å²) in [5.41, 5.74) is 4.95. The molecule has 1 unspecified atom stereocenters. The fourth-order valence-corrected chi connectivity index (χ4v) is 0.987. The summed E-state index contributed by atoms with van der Waals surface area (Å²) in [7, 11) is 1.78. The Labute approximate surface area is 88.9 Å². The second kappa shape index (κ2) is 4.39. The molecular weight excluding hydrogens is 194 g/mol. The zero-order valence-electron chi connectivity index (χ0n) is 9.32. The van der Waals surface area contributed by atoms with Crippen LogP contribution in [0.25, 0.3) is 0 Å². The highest BCUT2D eigenvalue weighted by atomic mass is 16.2. The van der Waals surface area contributed by atoms with E-state index in [0.29, 0.717) is 18.8 Å². The minimum Gasteiger partial charge on any atom is -0.347 e. The van der Waals surface area contributed by atoms with E-state index < -0.39 is 5.54 Å². The molecule has 1 rings (SSSR count). The molecule has 1 heterocycles. The lowest BCUT2D eigenvalue weighted by atomic mass is 10.00. The molecule has 3 N–H and O–H groups in total. The average Bonchev–Trinajstić information content (AvgIpc) is 2.60. The zero-order chi connectivity index (χ0) is 11.5. The van der Waals surface area contributed by atoms with Crippen LogP contribution in [-0.4, -0.2) is 26.2 Å². The summed E-state index contributed by atoms with van der Waals surface area (Å²) >= 11 is 0. The van der Waals surface area contributed by atoms with Crippen molar-refractivity contribution in [3.8, 4) is 0 Å². The standard InChI is InChI=1S/C9H17N5O/c1-4-9(2,10)8(15)11-5-7-12-6-14(3)13-7/h6H,4-5,10H2,1-3H3,(H,11,15). The number of nitrogens with one attached hydrogen (secondary N) is 1. The van der Waals surface area contributed by atoms with E-state index in [1.54, 1.807) is 25.0 Å². The molecule has 0 aliphatic rings. The minimum atomic E-state index is -0.825. The van der Waals surface area contributed by atoms with Crippen molar-refractivity contribution in [1.82, 2.24) is 20.1 Å². The maximum absolute atomic E-state index is 11.6. The van der Waals surface area contributed by atoms with Gasteiger partial charge >= 0.3 is 0 Å². The zero-order valence-corrected chi connectivity index (χ0v) is 9.32. The molecule has 15 heavy (non-hydrogen) atoms. The van der Waals surface area contributed by atoms with Crippen LogP contribution in [0.4, 0.5) is 0 Å². The van der Waals surface area contributed by atoms with Gasteiger partial charge in [-0.2, -0.15) is 5.10 Å². The van der Waals surface area contributed by atoms with E-state index >= 15 is 0 Å². The molecule has 1 aromatic rings. The van der Waals surface area contributed by atoms with Crippen LogP contribution in [0.1, 0.15) is 26.1 Å². The van der Waals surface area contributed by atoms with Gasteiger partial charge in [-0.15, -0.1) is 0 Å². The number of nitrogens with zero attached hydrogens (tertiary/aromatic N) is 3. The number of hydrogen-bond donors (Lipinski definition) is 2. The lowest BCUT2D eigenvalue weighted by Crippen LogP contribution is -2.50. The second-order valence-electron chi connectivity index (χ2n) is 3.79. The van der Waals surface area contributed by atoms with E-state index in [9.17, 15) is 4.79 Å². The van der Waals surface area contributed by atoms with Gasteiger partial charge < -0.3 is 11.1 Å². The summed E-state index contributed by atoms with van der Waals surface area (Å²) in [5, 5.41) is 6.74. The first kappa shape index (κ1) is 11.6. The van der Waals surface area contributed by atoms with Crippen molar-refractivity contribution in [2.24, 2.45) is 12.8 Å². The number of rotatable bonds is 4. The number of hydrogen-bond acceptors (Lipinski definition) is 4. The first-order valence-electron chi connectivity index (χ1n) is 4.87. The van der Waals surface area contributed by atoms with Gasteiger partial charge in [0.15, 0.2) is 5.82 Å². The maximum Gasteiger partial charge on any atom is 0.240 e. The van der Waals surface area contributed by atoms with Crippen molar-refractivity contribution in [2.75, 3.05) is 0 Å². The van der Waals surface area contributed by atoms with Gasteiger partial charge in [0.25, 0.3) is 0 Å². The van der Waals surface area contributed by atoms with Crippen molar-refractivity contribution in [2.45, 2.75) is 32.4 Å². The molecule has 0 aliphatic heterocycles. The third kappa shape index (κ3) is 3.02. The highest BCUT2D eigenvalue weighted by Gasteiger charge is 2.25. The topological polar surface area (TPSA) is 85.8 Å². The molecule has 0 radical (unpaired) electrons. The van der Waals surface area contributed by atoms with Crippen LogP contribution in [0.5, 0.6) is 0 Å². The molecule has 0 bridgehead atoms. The van der Waals surface area contributed by atoms with Gasteiger partial charge in [0.1, 0.15) is 6.33 Å². The third-order valence-corrected chi connectivity index (χ3v) is 2.31. The summed E-state index contributed by atoms with van der Waals surface area (Å²) in [5.74, 6) is 0.398. The molecular formula is C9H17N5O. The molecule has 0 aromatic carbocycles. The van der Waals surface area contributed by atoms with Crippen molar-refractivity contribution in [3.63, 3.8) is 0 Å². The van der Waals surface area contributed by atoms with E-state index in [0.717, 1.165) is 0 Å². The molecule has 0 saturated heterocycles. The number of nitrogens with two attached hydrogens (primary N) is 1. The third-order valence-electron chi connectivity index (χ3n) is 2.31. The fourth-order valence-electron chi connectivity index (χ4n) is 0.987. The number of carbonyl (C=O) groups excluding carboxylic acids is 1. The van der Waals surface area contributed by atoms with Crippen molar-refractivity contribution in [1.29, 1.82) is 0 Å². The summed E-state index contributed by atoms with van der Waals surface area (Å²) < 4.78 is 1.59. The normalized spacial score (nSPS) is 14.7. The predicted molar refractivity (Wildman–Crippen MR) is 55.7 cm³/mol. The van der Waals surface area contributed by atoms with Gasteiger partial charge in [0, 0.05) is 7.05 Å². The van der Waals surface area contributed by atoms with Crippen molar-refractivity contribution in [3.05, 3.63) is 12.2 Å². The molecule has 6 heteroatoms. The van der Waals surface area contributed by atoms with Crippen LogP contribution in [0.15, 0.2) is 6.33 Å². The van der Waals surface area contributed by atoms with E-state index in [1.807, 2.05) is 6.92 Å². The monoisotopic (exact) mass is 211 g/mol. The van der Waals surface area contributed by atoms with E-state index in [2.05, 4.69) is 15.4 Å². The first-order valence-corrected chi connectivity index (χ1v) is 4.87. The lowest BCUT2D eigenvalue weighted by Gasteiger charge is -2.20. The SMILES string of the molecule is CCC(C)(N)C(=O)NCc1ncn(C)n1. The number of aromatic nitrogens is 3.